The number of carbonyl (C=O) groups is 2. The Morgan fingerprint density at radius 1 is 1.23 bits per heavy atom. The van der Waals surface area contributed by atoms with Crippen LogP contribution in [0.3, 0.4) is 0 Å². The minimum Gasteiger partial charge on any atom is -0.343 e. The van der Waals surface area contributed by atoms with Crippen LogP contribution in [0.4, 0.5) is 5.13 Å². The number of fused-ring (bicyclic) bond motifs is 1. The quantitative estimate of drug-likeness (QED) is 0.864. The summed E-state index contributed by atoms with van der Waals surface area (Å²) < 4.78 is 0. The van der Waals surface area contributed by atoms with Gasteiger partial charge in [0.15, 0.2) is 5.13 Å². The molecule has 5 nitrogen and oxygen atoms in total. The zero-order valence-corrected chi connectivity index (χ0v) is 16.4. The smallest absolute Gasteiger partial charge is 0.257 e. The monoisotopic (exact) mass is 371 g/mol. The van der Waals surface area contributed by atoms with E-state index in [1.54, 1.807) is 0 Å². The Labute approximate surface area is 158 Å². The number of rotatable bonds is 5. The minimum atomic E-state index is -0.181. The second-order valence-corrected chi connectivity index (χ2v) is 7.69. The molecule has 0 radical (unpaired) electrons. The molecule has 0 saturated carbocycles. The molecule has 2 amide bonds. The van der Waals surface area contributed by atoms with Crippen LogP contribution in [0.5, 0.6) is 0 Å². The summed E-state index contributed by atoms with van der Waals surface area (Å²) in [5.41, 5.74) is 2.58. The molecule has 1 aromatic heterocycles. The molecule has 3 rings (SSSR count). The van der Waals surface area contributed by atoms with Gasteiger partial charge in [-0.3, -0.25) is 14.9 Å². The maximum atomic E-state index is 12.8. The Kier molecular flexibility index (Phi) is 5.71. The number of amides is 2. The first-order valence-corrected chi connectivity index (χ1v) is 10.0. The van der Waals surface area contributed by atoms with Crippen molar-refractivity contribution in [3.63, 3.8) is 0 Å². The van der Waals surface area contributed by atoms with Crippen molar-refractivity contribution in [1.29, 1.82) is 0 Å². The number of hydrogen-bond donors (Lipinski definition) is 1. The molecule has 138 valence electrons. The molecule has 0 saturated heterocycles. The van der Waals surface area contributed by atoms with Gasteiger partial charge in [-0.2, -0.15) is 0 Å². The predicted octanol–water partition coefficient (Wildman–Crippen LogP) is 3.99. The van der Waals surface area contributed by atoms with E-state index in [2.05, 4.69) is 10.3 Å². The van der Waals surface area contributed by atoms with Crippen molar-refractivity contribution in [3.8, 4) is 0 Å². The third kappa shape index (κ3) is 3.80. The second-order valence-electron chi connectivity index (χ2n) is 6.60. The molecule has 2 aromatic rings. The fraction of sp³-hybridized carbons (Fsp3) is 0.450. The average molecular weight is 372 g/mol. The summed E-state index contributed by atoms with van der Waals surface area (Å²) in [5, 5.41) is 3.48. The molecule has 1 N–H and O–H groups in total. The third-order valence-electron chi connectivity index (χ3n) is 4.86. The third-order valence-corrected chi connectivity index (χ3v) is 5.91. The SMILES string of the molecule is CCN(CC)C(=O)C1CCCc2sc(NC(=O)c3ccc(C)cc3)nc21. The molecule has 1 unspecified atom stereocenters. The highest BCUT2D eigenvalue weighted by Gasteiger charge is 2.32. The number of aromatic nitrogens is 1. The van der Waals surface area contributed by atoms with E-state index >= 15 is 0 Å². The first-order chi connectivity index (χ1) is 12.5. The van der Waals surface area contributed by atoms with Crippen molar-refractivity contribution in [1.82, 2.24) is 9.88 Å². The number of benzene rings is 1. The summed E-state index contributed by atoms with van der Waals surface area (Å²) in [6, 6.07) is 7.46. The predicted molar refractivity (Wildman–Crippen MR) is 105 cm³/mol. The van der Waals surface area contributed by atoms with Crippen LogP contribution in [0.15, 0.2) is 24.3 Å². The first kappa shape index (κ1) is 18.6. The van der Waals surface area contributed by atoms with Gasteiger partial charge in [0.2, 0.25) is 5.91 Å². The molecular formula is C20H25N3O2S. The maximum Gasteiger partial charge on any atom is 0.257 e. The Balaban J connectivity index is 1.79. The Morgan fingerprint density at radius 3 is 2.58 bits per heavy atom. The molecule has 0 bridgehead atoms. The fourth-order valence-corrected chi connectivity index (χ4v) is 4.40. The van der Waals surface area contributed by atoms with Crippen molar-refractivity contribution in [3.05, 3.63) is 46.0 Å². The largest absolute Gasteiger partial charge is 0.343 e. The molecule has 0 aliphatic heterocycles. The highest BCUT2D eigenvalue weighted by Crippen LogP contribution is 2.37. The van der Waals surface area contributed by atoms with Gasteiger partial charge in [-0.1, -0.05) is 17.7 Å². The van der Waals surface area contributed by atoms with E-state index in [0.717, 1.165) is 35.4 Å². The first-order valence-electron chi connectivity index (χ1n) is 9.19. The van der Waals surface area contributed by atoms with E-state index < -0.39 is 0 Å². The summed E-state index contributed by atoms with van der Waals surface area (Å²) in [5.74, 6) is -0.194. The van der Waals surface area contributed by atoms with Crippen LogP contribution >= 0.6 is 11.3 Å². The normalized spacial score (nSPS) is 16.0. The number of aryl methyl sites for hydroxylation is 2. The van der Waals surface area contributed by atoms with Crippen LogP contribution in [0.2, 0.25) is 0 Å². The van der Waals surface area contributed by atoms with E-state index in [-0.39, 0.29) is 17.7 Å². The standard InChI is InChI=1S/C20H25N3O2S/c1-4-23(5-2)19(25)15-7-6-8-16-17(15)21-20(26-16)22-18(24)14-11-9-13(3)10-12-14/h9-12,15H,4-8H2,1-3H3,(H,21,22,24). The van der Waals surface area contributed by atoms with Crippen molar-refractivity contribution in [2.24, 2.45) is 0 Å². The second kappa shape index (κ2) is 7.99. The number of carbonyl (C=O) groups excluding carboxylic acids is 2. The van der Waals surface area contributed by atoms with Crippen LogP contribution in [0, 0.1) is 6.92 Å². The Bertz CT molecular complexity index is 794. The number of hydrogen-bond acceptors (Lipinski definition) is 4. The molecule has 1 aromatic carbocycles. The van der Waals surface area contributed by atoms with Crippen LogP contribution in [0.25, 0.3) is 0 Å². The fourth-order valence-electron chi connectivity index (χ4n) is 3.34. The van der Waals surface area contributed by atoms with Gasteiger partial charge in [0.25, 0.3) is 5.91 Å². The van der Waals surface area contributed by atoms with Crippen LogP contribution < -0.4 is 5.32 Å². The summed E-state index contributed by atoms with van der Waals surface area (Å²) >= 11 is 1.50. The number of anilines is 1. The highest BCUT2D eigenvalue weighted by atomic mass is 32.1. The van der Waals surface area contributed by atoms with Crippen LogP contribution in [-0.2, 0) is 11.2 Å². The molecule has 1 aliphatic rings. The summed E-state index contributed by atoms with van der Waals surface area (Å²) in [6.07, 6.45) is 2.74. The van der Waals surface area contributed by atoms with E-state index in [9.17, 15) is 9.59 Å². The van der Waals surface area contributed by atoms with Crippen molar-refractivity contribution in [2.75, 3.05) is 18.4 Å². The topological polar surface area (TPSA) is 62.3 Å². The summed E-state index contributed by atoms with van der Waals surface area (Å²) in [7, 11) is 0. The van der Waals surface area contributed by atoms with Gasteiger partial charge < -0.3 is 4.90 Å². The van der Waals surface area contributed by atoms with E-state index in [1.165, 1.54) is 11.3 Å². The van der Waals surface area contributed by atoms with Gasteiger partial charge in [-0.05, 0) is 52.2 Å². The summed E-state index contributed by atoms with van der Waals surface area (Å²) in [4.78, 5) is 32.9. The lowest BCUT2D eigenvalue weighted by atomic mass is 9.90. The maximum absolute atomic E-state index is 12.8. The molecule has 26 heavy (non-hydrogen) atoms. The number of thiazole rings is 1. The lowest BCUT2D eigenvalue weighted by Gasteiger charge is -2.27. The van der Waals surface area contributed by atoms with Crippen LogP contribution in [0.1, 0.15) is 59.1 Å². The Morgan fingerprint density at radius 2 is 1.92 bits per heavy atom. The lowest BCUT2D eigenvalue weighted by molar-refractivity contribution is -0.132. The molecule has 1 atom stereocenters. The lowest BCUT2D eigenvalue weighted by Crippen LogP contribution is -2.36. The van der Waals surface area contributed by atoms with Crippen LogP contribution in [-0.4, -0.2) is 34.8 Å². The van der Waals surface area contributed by atoms with Crippen molar-refractivity contribution >= 4 is 28.3 Å². The molecule has 0 fully saturated rings. The minimum absolute atomic E-state index is 0.151. The average Bonchev–Trinajstić information content (AvgIpc) is 3.05. The number of likely N-dealkylation sites (N-methyl/N-ethyl adjacent to an activating group) is 1. The highest BCUT2D eigenvalue weighted by molar-refractivity contribution is 7.15. The van der Waals surface area contributed by atoms with Gasteiger partial charge >= 0.3 is 0 Å². The van der Waals surface area contributed by atoms with Crippen molar-refractivity contribution in [2.45, 2.75) is 46.0 Å². The zero-order chi connectivity index (χ0) is 18.7. The summed E-state index contributed by atoms with van der Waals surface area (Å²) in [6.45, 7) is 7.41. The zero-order valence-electron chi connectivity index (χ0n) is 15.5. The van der Waals surface area contributed by atoms with Gasteiger partial charge in [0.05, 0.1) is 11.6 Å². The van der Waals surface area contributed by atoms with Gasteiger partial charge in [-0.25, -0.2) is 4.98 Å². The molecule has 6 heteroatoms. The van der Waals surface area contributed by atoms with Crippen molar-refractivity contribution < 1.29 is 9.59 Å². The molecular weight excluding hydrogens is 346 g/mol. The molecule has 0 spiro atoms. The number of nitrogens with zero attached hydrogens (tertiary/aromatic N) is 2. The van der Waals surface area contributed by atoms with E-state index in [0.29, 0.717) is 23.8 Å². The molecule has 1 heterocycles. The van der Waals surface area contributed by atoms with Gasteiger partial charge in [-0.15, -0.1) is 11.3 Å². The molecule has 1 aliphatic carbocycles. The number of nitrogens with one attached hydrogen (secondary N) is 1. The van der Waals surface area contributed by atoms with Gasteiger partial charge in [0, 0.05) is 23.5 Å². The van der Waals surface area contributed by atoms with E-state index in [1.807, 2.05) is 49.9 Å². The van der Waals surface area contributed by atoms with Gasteiger partial charge in [0.1, 0.15) is 0 Å². The Hall–Kier alpha value is -2.21. The van der Waals surface area contributed by atoms with E-state index in [4.69, 9.17) is 0 Å².